The fourth-order valence-corrected chi connectivity index (χ4v) is 2.57. The maximum atomic E-state index is 12.0. The van der Waals surface area contributed by atoms with Gasteiger partial charge in [0.25, 0.3) is 5.91 Å². The average molecular weight is 347 g/mol. The molecule has 8 heteroatoms. The summed E-state index contributed by atoms with van der Waals surface area (Å²) in [7, 11) is 1.95. The van der Waals surface area contributed by atoms with Crippen LogP contribution in [-0.2, 0) is 9.63 Å². The van der Waals surface area contributed by atoms with E-state index in [2.05, 4.69) is 21.9 Å². The third-order valence-corrected chi connectivity index (χ3v) is 3.74. The van der Waals surface area contributed by atoms with Gasteiger partial charge in [-0.25, -0.2) is 9.75 Å². The second-order valence-electron chi connectivity index (χ2n) is 5.87. The van der Waals surface area contributed by atoms with Crippen LogP contribution < -0.4 is 5.32 Å². The first-order valence-electron chi connectivity index (χ1n) is 8.30. The van der Waals surface area contributed by atoms with Crippen molar-refractivity contribution in [1.29, 1.82) is 0 Å². The summed E-state index contributed by atoms with van der Waals surface area (Å²) in [5.41, 5.74) is 1.25. The van der Waals surface area contributed by atoms with Crippen LogP contribution in [-0.4, -0.2) is 71.4 Å². The summed E-state index contributed by atoms with van der Waals surface area (Å²) in [5.74, 6) is -0.189. The molecule has 1 aromatic heterocycles. The van der Waals surface area contributed by atoms with Crippen LogP contribution in [0.15, 0.2) is 31.0 Å². The highest BCUT2D eigenvalue weighted by atomic mass is 16.7. The lowest BCUT2D eigenvalue weighted by Crippen LogP contribution is -2.45. The zero-order valence-corrected chi connectivity index (χ0v) is 14.7. The molecule has 1 aliphatic heterocycles. The number of rotatable bonds is 9. The number of hydrogen-bond acceptors (Lipinski definition) is 5. The van der Waals surface area contributed by atoms with Gasteiger partial charge in [-0.1, -0.05) is 13.0 Å². The number of hydrogen-bond donors (Lipinski definition) is 1. The van der Waals surface area contributed by atoms with E-state index in [0.717, 1.165) is 12.1 Å². The van der Waals surface area contributed by atoms with Crippen LogP contribution in [0.2, 0.25) is 0 Å². The number of aromatic nitrogens is 2. The molecule has 0 saturated carbocycles. The van der Waals surface area contributed by atoms with Gasteiger partial charge in [0.2, 0.25) is 6.41 Å². The molecular formula is C17H25N5O3. The Hall–Kier alpha value is -2.45. The number of carbonyl (C=O) groups is 2. The van der Waals surface area contributed by atoms with Crippen LogP contribution in [0.3, 0.4) is 0 Å². The minimum Gasteiger partial charge on any atom is -0.351 e. The molecule has 1 aliphatic rings. The number of hydroxylamine groups is 2. The molecule has 0 spiro atoms. The molecule has 0 radical (unpaired) electrons. The van der Waals surface area contributed by atoms with Crippen molar-refractivity contribution in [1.82, 2.24) is 25.1 Å². The highest BCUT2D eigenvalue weighted by Crippen LogP contribution is 2.17. The summed E-state index contributed by atoms with van der Waals surface area (Å²) in [6, 6.07) is 1.44. The topological polar surface area (TPSA) is 79.7 Å². The standard InChI is InChI=1S/C17H25N5O3/c1-4-7-18-17(24)16-6-8-21(19-16)14-10-15(12-20(3)11-14)22(13-23)25-9-5-2/h5-6,8,10,13,15H,2,4,7,9,11-12H2,1,3H3,(H,18,24). The van der Waals surface area contributed by atoms with Crippen molar-refractivity contribution in [3.63, 3.8) is 0 Å². The van der Waals surface area contributed by atoms with E-state index < -0.39 is 0 Å². The molecule has 2 amide bonds. The minimum atomic E-state index is -0.243. The SMILES string of the molecule is C=CCON(C=O)C1C=C(n2ccc(C(=O)NCCC)n2)CN(C)C1. The van der Waals surface area contributed by atoms with Crippen LogP contribution in [0.25, 0.3) is 5.70 Å². The van der Waals surface area contributed by atoms with Gasteiger partial charge in [-0.05, 0) is 25.6 Å². The van der Waals surface area contributed by atoms with Crippen molar-refractivity contribution in [3.8, 4) is 0 Å². The van der Waals surface area contributed by atoms with Crippen molar-refractivity contribution in [2.45, 2.75) is 19.4 Å². The summed E-state index contributed by atoms with van der Waals surface area (Å²) in [6.45, 7) is 7.75. The minimum absolute atomic E-state index is 0.189. The van der Waals surface area contributed by atoms with Gasteiger partial charge in [-0.15, -0.1) is 6.58 Å². The quantitative estimate of drug-likeness (QED) is 0.405. The number of amides is 2. The first-order valence-corrected chi connectivity index (χ1v) is 8.30. The monoisotopic (exact) mass is 347 g/mol. The van der Waals surface area contributed by atoms with E-state index >= 15 is 0 Å². The van der Waals surface area contributed by atoms with Gasteiger partial charge in [-0.3, -0.25) is 19.3 Å². The molecule has 2 rings (SSSR count). The van der Waals surface area contributed by atoms with E-state index in [1.165, 1.54) is 5.06 Å². The molecule has 1 unspecified atom stereocenters. The molecular weight excluding hydrogens is 322 g/mol. The largest absolute Gasteiger partial charge is 0.351 e. The second kappa shape index (κ2) is 9.14. The zero-order valence-electron chi connectivity index (χ0n) is 14.7. The Morgan fingerprint density at radius 1 is 1.60 bits per heavy atom. The molecule has 1 aromatic rings. The first kappa shape index (κ1) is 18.9. The maximum Gasteiger partial charge on any atom is 0.271 e. The lowest BCUT2D eigenvalue weighted by atomic mass is 10.1. The lowest BCUT2D eigenvalue weighted by Gasteiger charge is -2.33. The lowest BCUT2D eigenvalue weighted by molar-refractivity contribution is -0.177. The molecule has 0 saturated heterocycles. The normalized spacial score (nSPS) is 17.7. The zero-order chi connectivity index (χ0) is 18.2. The second-order valence-corrected chi connectivity index (χ2v) is 5.87. The molecule has 0 aliphatic carbocycles. The van der Waals surface area contributed by atoms with Gasteiger partial charge in [-0.2, -0.15) is 5.10 Å². The van der Waals surface area contributed by atoms with Gasteiger partial charge in [0.15, 0.2) is 5.69 Å². The Morgan fingerprint density at radius 3 is 3.08 bits per heavy atom. The fourth-order valence-electron chi connectivity index (χ4n) is 2.57. The van der Waals surface area contributed by atoms with Gasteiger partial charge < -0.3 is 5.32 Å². The predicted molar refractivity (Wildman–Crippen MR) is 94.5 cm³/mol. The summed E-state index contributed by atoms with van der Waals surface area (Å²) in [4.78, 5) is 30.7. The molecule has 2 heterocycles. The van der Waals surface area contributed by atoms with Crippen molar-refractivity contribution < 1.29 is 14.4 Å². The fraction of sp³-hybridized carbons (Fsp3) is 0.471. The summed E-state index contributed by atoms with van der Waals surface area (Å²) < 4.78 is 1.67. The summed E-state index contributed by atoms with van der Waals surface area (Å²) in [5, 5.41) is 8.43. The van der Waals surface area contributed by atoms with E-state index in [1.807, 2.05) is 20.0 Å². The van der Waals surface area contributed by atoms with Gasteiger partial charge >= 0.3 is 0 Å². The maximum absolute atomic E-state index is 12.0. The van der Waals surface area contributed by atoms with Crippen molar-refractivity contribution >= 4 is 18.0 Å². The molecule has 136 valence electrons. The third kappa shape index (κ3) is 5.01. The Labute approximate surface area is 147 Å². The van der Waals surface area contributed by atoms with Crippen LogP contribution in [0.5, 0.6) is 0 Å². The van der Waals surface area contributed by atoms with Crippen LogP contribution in [0.4, 0.5) is 0 Å². The highest BCUT2D eigenvalue weighted by Gasteiger charge is 2.24. The van der Waals surface area contributed by atoms with Crippen molar-refractivity contribution in [2.75, 3.05) is 33.3 Å². The van der Waals surface area contributed by atoms with Gasteiger partial charge in [0.1, 0.15) is 0 Å². The van der Waals surface area contributed by atoms with E-state index in [0.29, 0.717) is 31.7 Å². The van der Waals surface area contributed by atoms with Crippen LogP contribution >= 0.6 is 0 Å². The van der Waals surface area contributed by atoms with Gasteiger partial charge in [0, 0.05) is 25.8 Å². The van der Waals surface area contributed by atoms with E-state index in [9.17, 15) is 9.59 Å². The Bertz CT molecular complexity index is 640. The number of carbonyl (C=O) groups excluding carboxylic acids is 2. The summed E-state index contributed by atoms with van der Waals surface area (Å²) >= 11 is 0. The molecule has 0 aromatic carbocycles. The number of likely N-dealkylation sites (N-methyl/N-ethyl adjacent to an activating group) is 1. The smallest absolute Gasteiger partial charge is 0.271 e. The van der Waals surface area contributed by atoms with Crippen LogP contribution in [0.1, 0.15) is 23.8 Å². The number of nitrogens with one attached hydrogen (secondary N) is 1. The Balaban J connectivity index is 2.16. The molecule has 25 heavy (non-hydrogen) atoms. The molecule has 1 N–H and O–H groups in total. The van der Waals surface area contributed by atoms with Crippen molar-refractivity contribution in [3.05, 3.63) is 36.7 Å². The molecule has 0 fully saturated rings. The first-order chi connectivity index (χ1) is 12.1. The molecule has 1 atom stereocenters. The molecule has 0 bridgehead atoms. The molecule has 8 nitrogen and oxygen atoms in total. The third-order valence-electron chi connectivity index (χ3n) is 3.74. The van der Waals surface area contributed by atoms with E-state index in [4.69, 9.17) is 4.84 Å². The summed E-state index contributed by atoms with van der Waals surface area (Å²) in [6.07, 6.45) is 6.80. The highest BCUT2D eigenvalue weighted by molar-refractivity contribution is 5.92. The van der Waals surface area contributed by atoms with Crippen LogP contribution in [0, 0.1) is 0 Å². The Morgan fingerprint density at radius 2 is 2.40 bits per heavy atom. The van der Waals surface area contributed by atoms with E-state index in [1.54, 1.807) is 23.0 Å². The van der Waals surface area contributed by atoms with E-state index in [-0.39, 0.29) is 18.6 Å². The van der Waals surface area contributed by atoms with Gasteiger partial charge in [0.05, 0.1) is 18.3 Å². The Kier molecular flexibility index (Phi) is 6.91. The van der Waals surface area contributed by atoms with Crippen molar-refractivity contribution in [2.24, 2.45) is 0 Å². The number of nitrogens with zero attached hydrogens (tertiary/aromatic N) is 4. The predicted octanol–water partition coefficient (Wildman–Crippen LogP) is 0.754. The average Bonchev–Trinajstić information content (AvgIpc) is 3.10.